The first-order chi connectivity index (χ1) is 7.81. The Balaban J connectivity index is 2.00. The minimum atomic E-state index is -0.0638. The van der Waals surface area contributed by atoms with Crippen molar-refractivity contribution in [1.82, 2.24) is 10.1 Å². The van der Waals surface area contributed by atoms with E-state index < -0.39 is 0 Å². The second-order valence-electron chi connectivity index (χ2n) is 4.72. The topological polar surface area (TPSA) is 64.9 Å². The van der Waals surface area contributed by atoms with E-state index >= 15 is 0 Å². The standard InChI is InChI=1S/C12H21N3O/c1-2-6-10(13)11-14-12(16-15-11)9-7-4-3-5-8-9/h9-10H,2-8,13H2,1H3. The fourth-order valence-corrected chi connectivity index (χ4v) is 2.35. The zero-order chi connectivity index (χ0) is 11.4. The Bertz CT molecular complexity index is 318. The van der Waals surface area contributed by atoms with Crippen LogP contribution in [-0.4, -0.2) is 10.1 Å². The third-order valence-corrected chi connectivity index (χ3v) is 3.34. The van der Waals surface area contributed by atoms with Gasteiger partial charge in [-0.2, -0.15) is 4.98 Å². The SMILES string of the molecule is CCCC(N)c1noc(C2CCCCC2)n1. The molecule has 0 aromatic carbocycles. The molecule has 2 rings (SSSR count). The van der Waals surface area contributed by atoms with Crippen LogP contribution in [0.4, 0.5) is 0 Å². The first kappa shape index (κ1) is 11.6. The van der Waals surface area contributed by atoms with Crippen molar-refractivity contribution in [3.05, 3.63) is 11.7 Å². The summed E-state index contributed by atoms with van der Waals surface area (Å²) < 4.78 is 5.33. The fourth-order valence-electron chi connectivity index (χ4n) is 2.35. The zero-order valence-electron chi connectivity index (χ0n) is 9.98. The number of rotatable bonds is 4. The third kappa shape index (κ3) is 2.61. The van der Waals surface area contributed by atoms with E-state index in [9.17, 15) is 0 Å². The highest BCUT2D eigenvalue weighted by molar-refractivity contribution is 4.98. The summed E-state index contributed by atoms with van der Waals surface area (Å²) in [6.45, 7) is 2.11. The van der Waals surface area contributed by atoms with E-state index in [1.807, 2.05) is 0 Å². The zero-order valence-corrected chi connectivity index (χ0v) is 9.98. The Morgan fingerprint density at radius 3 is 2.81 bits per heavy atom. The van der Waals surface area contributed by atoms with E-state index in [1.165, 1.54) is 32.1 Å². The lowest BCUT2D eigenvalue weighted by Crippen LogP contribution is -2.12. The van der Waals surface area contributed by atoms with Gasteiger partial charge < -0.3 is 10.3 Å². The Morgan fingerprint density at radius 2 is 2.12 bits per heavy atom. The summed E-state index contributed by atoms with van der Waals surface area (Å²) in [4.78, 5) is 4.45. The van der Waals surface area contributed by atoms with E-state index in [0.29, 0.717) is 11.7 Å². The molecular formula is C12H21N3O. The van der Waals surface area contributed by atoms with Crippen LogP contribution in [0, 0.1) is 0 Å². The van der Waals surface area contributed by atoms with E-state index in [0.717, 1.165) is 18.7 Å². The molecule has 0 spiro atoms. The van der Waals surface area contributed by atoms with Gasteiger partial charge in [0.2, 0.25) is 5.89 Å². The second-order valence-corrected chi connectivity index (χ2v) is 4.72. The number of hydrogen-bond donors (Lipinski definition) is 1. The van der Waals surface area contributed by atoms with Crippen LogP contribution in [0.25, 0.3) is 0 Å². The minimum Gasteiger partial charge on any atom is -0.339 e. The molecule has 1 atom stereocenters. The van der Waals surface area contributed by atoms with Gasteiger partial charge >= 0.3 is 0 Å². The Kier molecular flexibility index (Phi) is 3.93. The Labute approximate surface area is 96.6 Å². The summed E-state index contributed by atoms with van der Waals surface area (Å²) in [5.41, 5.74) is 5.96. The van der Waals surface area contributed by atoms with Crippen molar-refractivity contribution in [2.75, 3.05) is 0 Å². The summed E-state index contributed by atoms with van der Waals surface area (Å²) in [5.74, 6) is 1.97. The van der Waals surface area contributed by atoms with Crippen LogP contribution < -0.4 is 5.73 Å². The number of nitrogens with two attached hydrogens (primary N) is 1. The van der Waals surface area contributed by atoms with Crippen LogP contribution in [-0.2, 0) is 0 Å². The van der Waals surface area contributed by atoms with Gasteiger partial charge in [0.25, 0.3) is 0 Å². The number of aromatic nitrogens is 2. The minimum absolute atomic E-state index is 0.0638. The predicted octanol–water partition coefficient (Wildman–Crippen LogP) is 2.92. The van der Waals surface area contributed by atoms with Crippen LogP contribution >= 0.6 is 0 Å². The van der Waals surface area contributed by atoms with Crippen molar-refractivity contribution in [3.63, 3.8) is 0 Å². The highest BCUT2D eigenvalue weighted by Crippen LogP contribution is 2.31. The van der Waals surface area contributed by atoms with Gasteiger partial charge in [-0.3, -0.25) is 0 Å². The largest absolute Gasteiger partial charge is 0.339 e. The van der Waals surface area contributed by atoms with Crippen LogP contribution in [0.3, 0.4) is 0 Å². The third-order valence-electron chi connectivity index (χ3n) is 3.34. The molecule has 2 N–H and O–H groups in total. The molecule has 1 fully saturated rings. The smallest absolute Gasteiger partial charge is 0.229 e. The average molecular weight is 223 g/mol. The van der Waals surface area contributed by atoms with E-state index in [2.05, 4.69) is 17.1 Å². The first-order valence-corrected chi connectivity index (χ1v) is 6.40. The molecule has 4 nitrogen and oxygen atoms in total. The van der Waals surface area contributed by atoms with E-state index in [-0.39, 0.29) is 6.04 Å². The van der Waals surface area contributed by atoms with Gasteiger partial charge in [0.15, 0.2) is 5.82 Å². The van der Waals surface area contributed by atoms with Crippen LogP contribution in [0.2, 0.25) is 0 Å². The molecule has 1 aliphatic rings. The van der Waals surface area contributed by atoms with Crippen molar-refractivity contribution >= 4 is 0 Å². The molecule has 4 heteroatoms. The molecule has 1 heterocycles. The molecule has 1 saturated carbocycles. The summed E-state index contributed by atoms with van der Waals surface area (Å²) in [6.07, 6.45) is 8.24. The van der Waals surface area contributed by atoms with Crippen molar-refractivity contribution < 1.29 is 4.52 Å². The van der Waals surface area contributed by atoms with Gasteiger partial charge in [-0.15, -0.1) is 0 Å². The van der Waals surface area contributed by atoms with Gasteiger partial charge in [-0.1, -0.05) is 37.8 Å². The molecule has 1 aromatic heterocycles. The summed E-state index contributed by atoms with van der Waals surface area (Å²) in [6, 6.07) is -0.0638. The lowest BCUT2D eigenvalue weighted by Gasteiger charge is -2.17. The molecule has 0 bridgehead atoms. The van der Waals surface area contributed by atoms with Gasteiger partial charge in [0.05, 0.1) is 6.04 Å². The molecule has 1 aromatic rings. The molecule has 0 saturated heterocycles. The normalized spacial score (nSPS) is 19.9. The van der Waals surface area contributed by atoms with Crippen LogP contribution in [0.1, 0.15) is 75.5 Å². The number of nitrogens with zero attached hydrogens (tertiary/aromatic N) is 2. The lowest BCUT2D eigenvalue weighted by atomic mass is 9.89. The Morgan fingerprint density at radius 1 is 1.38 bits per heavy atom. The summed E-state index contributed by atoms with van der Waals surface area (Å²) in [5, 5.41) is 4.00. The maximum Gasteiger partial charge on any atom is 0.229 e. The molecule has 90 valence electrons. The van der Waals surface area contributed by atoms with Crippen molar-refractivity contribution in [1.29, 1.82) is 0 Å². The first-order valence-electron chi connectivity index (χ1n) is 6.40. The monoisotopic (exact) mass is 223 g/mol. The van der Waals surface area contributed by atoms with Crippen molar-refractivity contribution in [3.8, 4) is 0 Å². The maximum absolute atomic E-state index is 5.96. The van der Waals surface area contributed by atoms with Crippen LogP contribution in [0.5, 0.6) is 0 Å². The average Bonchev–Trinajstić information content (AvgIpc) is 2.80. The van der Waals surface area contributed by atoms with Crippen molar-refractivity contribution in [2.24, 2.45) is 5.73 Å². The molecule has 0 amide bonds. The number of hydrogen-bond acceptors (Lipinski definition) is 4. The van der Waals surface area contributed by atoms with E-state index in [1.54, 1.807) is 0 Å². The molecule has 1 unspecified atom stereocenters. The highest BCUT2D eigenvalue weighted by Gasteiger charge is 2.22. The van der Waals surface area contributed by atoms with Gasteiger partial charge in [0, 0.05) is 5.92 Å². The molecule has 0 radical (unpaired) electrons. The fraction of sp³-hybridized carbons (Fsp3) is 0.833. The van der Waals surface area contributed by atoms with E-state index in [4.69, 9.17) is 10.3 Å². The summed E-state index contributed by atoms with van der Waals surface area (Å²) in [7, 11) is 0. The summed E-state index contributed by atoms with van der Waals surface area (Å²) >= 11 is 0. The maximum atomic E-state index is 5.96. The van der Waals surface area contributed by atoms with Gasteiger partial charge in [-0.05, 0) is 19.3 Å². The quantitative estimate of drug-likeness (QED) is 0.852. The molecule has 1 aliphatic carbocycles. The molecule has 0 aliphatic heterocycles. The molecule has 16 heavy (non-hydrogen) atoms. The van der Waals surface area contributed by atoms with Gasteiger partial charge in [-0.25, -0.2) is 0 Å². The second kappa shape index (κ2) is 5.43. The Hall–Kier alpha value is -0.900. The highest BCUT2D eigenvalue weighted by atomic mass is 16.5. The lowest BCUT2D eigenvalue weighted by molar-refractivity contribution is 0.311. The molecular weight excluding hydrogens is 202 g/mol. The van der Waals surface area contributed by atoms with Gasteiger partial charge in [0.1, 0.15) is 0 Å². The predicted molar refractivity (Wildman–Crippen MR) is 62.0 cm³/mol. The van der Waals surface area contributed by atoms with Crippen molar-refractivity contribution in [2.45, 2.75) is 63.8 Å². The van der Waals surface area contributed by atoms with Crippen LogP contribution in [0.15, 0.2) is 4.52 Å².